The zero-order valence-corrected chi connectivity index (χ0v) is 59.2. The Hall–Kier alpha value is -7.39. The number of carbonyl (C=O) groups is 7. The molecule has 2 unspecified atom stereocenters. The number of aliphatic hydroxyl groups is 2. The summed E-state index contributed by atoms with van der Waals surface area (Å²) in [7, 11) is -8.47. The van der Waals surface area contributed by atoms with E-state index in [9.17, 15) is 58.5 Å². The zero-order valence-electron chi connectivity index (χ0n) is 56.2. The van der Waals surface area contributed by atoms with Crippen LogP contribution in [-0.4, -0.2) is 150 Å². The van der Waals surface area contributed by atoms with E-state index >= 15 is 0 Å². The number of carbonyl (C=O) groups excluding carboxylic acids is 7. The first-order valence-electron chi connectivity index (χ1n) is 31.7. The molecule has 8 bridgehead atoms. The summed E-state index contributed by atoms with van der Waals surface area (Å²) in [6, 6.07) is 2.56. The molecule has 0 aliphatic carbocycles. The monoisotopic (exact) mass is 1430 g/mol. The number of aliphatic imine (C=N–C) groups is 3. The maximum atomic E-state index is 14.5. The predicted molar refractivity (Wildman–Crippen MR) is 347 cm³/mol. The third-order valence-corrected chi connectivity index (χ3v) is 23.0. The van der Waals surface area contributed by atoms with Crippen LogP contribution >= 0.6 is 7.82 Å². The number of aryl methyl sites for hydroxylation is 2. The quantitative estimate of drug-likeness (QED) is 0.0441. The second-order valence-corrected chi connectivity index (χ2v) is 30.4. The summed E-state index contributed by atoms with van der Waals surface area (Å²) in [5.74, 6) is -7.88. The van der Waals surface area contributed by atoms with Gasteiger partial charge in [-0.15, -0.1) is 0 Å². The number of aliphatic hydroxyl groups excluding tert-OH is 2. The molecule has 2 aromatic rings. The number of primary amides is 6. The van der Waals surface area contributed by atoms with E-state index in [4.69, 9.17) is 77.2 Å². The number of nitriles is 1. The molecule has 17 N–H and O–H groups in total. The number of aromatic nitrogens is 2. The smallest absolute Gasteiger partial charge is 0.511 e. The van der Waals surface area contributed by atoms with Crippen molar-refractivity contribution in [3.8, 4) is 5.00 Å². The molecule has 97 heavy (non-hydrogen) atoms. The standard InChI is InChI=1S/C62H90N13O14P.CN.Co.H2O3Si/c1-29-20-39-40(21-30(29)2)75(28-70-39)57-52(84)53(41(27-76)87-57)89-90(85,86)88-31(3)26-69-49(83)18-19-59(8)37(22-46(66)80)56-62(11)61(10,25-48(68)82)36(14-17-45(65)79)51(74-62)33(5)55-60(9,24-47(67)81)34(12-15-43(63)77)38(71-55)23-42-58(6,7)35(13-16-44(64)78)50(72-42)32(4)54(59)73-56;1-2;;1-4(2)3/h20-21,23,28,31,34-37,41,52-53,56-57,76,84H,12-19,22,24-27H2,1-11H3,(H15,63,64,65,66,67,68,69,71,72,73,74,77,78,79,80,81,82,83,85,86);;;1-2H/q;;+2;/p-2/t31?,34-,35-,36-,37+,41-,52-,53-,56-,57+,59-,60+,61+,62+;;;/m1.../s1. The molecule has 7 amide bonds. The Labute approximate surface area is 569 Å². The average molecular weight is 1430 g/mol. The molecule has 1 aromatic heterocycles. The van der Waals surface area contributed by atoms with Crippen LogP contribution in [0.25, 0.3) is 11.0 Å². The fourth-order valence-corrected chi connectivity index (χ4v) is 18.0. The molecular formula is C63H90CoN14O17PSi. The molecule has 34 heteroatoms. The summed E-state index contributed by atoms with van der Waals surface area (Å²) in [4.78, 5) is 143. The number of hydrogen-bond donors (Lipinski definition) is 11. The van der Waals surface area contributed by atoms with Crippen LogP contribution in [0.2, 0.25) is 0 Å². The number of imidazole rings is 1. The van der Waals surface area contributed by atoms with E-state index in [-0.39, 0.29) is 92.1 Å². The second-order valence-electron chi connectivity index (χ2n) is 27.6. The van der Waals surface area contributed by atoms with Crippen LogP contribution in [0.3, 0.4) is 0 Å². The summed E-state index contributed by atoms with van der Waals surface area (Å²) in [6.45, 7) is 18.8. The van der Waals surface area contributed by atoms with Crippen molar-refractivity contribution < 1.29 is 96.0 Å². The van der Waals surface area contributed by atoms with Gasteiger partial charge in [0.2, 0.25) is 0 Å². The van der Waals surface area contributed by atoms with Crippen LogP contribution in [0.15, 0.2) is 67.8 Å². The summed E-state index contributed by atoms with van der Waals surface area (Å²) < 4.78 is 42.5. The Kier molecular flexibility index (Phi) is 23.5. The number of hydrogen-bond acceptors (Lipinski definition) is 21. The number of amides is 7. The van der Waals surface area contributed by atoms with Crippen molar-refractivity contribution in [2.24, 2.45) is 94.7 Å². The van der Waals surface area contributed by atoms with E-state index in [0.29, 0.717) is 56.4 Å². The van der Waals surface area contributed by atoms with E-state index in [1.165, 1.54) is 17.8 Å². The molecule has 0 radical (unpaired) electrons. The first-order valence-corrected chi connectivity index (χ1v) is 35.4. The Bertz CT molecular complexity index is 3830. The molecule has 2 saturated heterocycles. The van der Waals surface area contributed by atoms with Gasteiger partial charge in [-0.3, -0.25) is 9.03 Å². The van der Waals surface area contributed by atoms with Gasteiger partial charge in [0.05, 0.1) is 24.0 Å². The number of nitrogens with two attached hydrogens (primary N) is 6. The fraction of sp³-hybridized carbons (Fsp3) is 0.619. The second kappa shape index (κ2) is 29.6. The van der Waals surface area contributed by atoms with E-state index in [1.807, 2.05) is 53.7 Å². The minimum Gasteiger partial charge on any atom is -0.511 e. The summed E-state index contributed by atoms with van der Waals surface area (Å²) in [6.07, 6.45) is -5.38. The number of phosphoric ester groups is 1. The predicted octanol–water partition coefficient (Wildman–Crippen LogP) is 1.11. The van der Waals surface area contributed by atoms with Crippen molar-refractivity contribution in [2.45, 2.75) is 189 Å². The number of benzene rings is 1. The molecular weight excluding hydrogens is 1340 g/mol. The Morgan fingerprint density at radius 3 is 1.96 bits per heavy atom. The SMILES string of the molecule is C/C1=C2N=C(/C=C3N=C(/C(C)=C4/[C@@H](CCC(N)=O)[C@](C)(CC(N)=O)[C@](C)([C@@H]5N=C1[C@](C)(CCC(=O)NCC(C)OP(=O)([O-])O[C@H]1[C@@H](O)[C@@H](n6cnc7cc(C)c(C)cc76)O[C@@H]1CO)[C@H]5CC(N)=O)[N]4[Co+][C]#N)[C@@](C)(CC(N)=O)[C@@H]\3CCC(N)=O)C(C)(C)[C@@H]/2CCC(N)=O.O=[Si](O)O. The van der Waals surface area contributed by atoms with Gasteiger partial charge in [-0.1, -0.05) is 0 Å². The Morgan fingerprint density at radius 1 is 0.825 bits per heavy atom. The molecule has 6 aliphatic heterocycles. The minimum atomic E-state index is -5.35. The summed E-state index contributed by atoms with van der Waals surface area (Å²) >= 11 is 0.0230. The molecule has 2 fully saturated rings. The van der Waals surface area contributed by atoms with Gasteiger partial charge < -0.3 is 38.5 Å². The number of nitrogens with zero attached hydrogens (tertiary/aromatic N) is 7. The van der Waals surface area contributed by atoms with Crippen molar-refractivity contribution in [1.82, 2.24) is 18.8 Å². The van der Waals surface area contributed by atoms with Crippen LogP contribution in [-0.2, 0) is 71.3 Å². The van der Waals surface area contributed by atoms with Crippen molar-refractivity contribution in [1.29, 1.82) is 5.26 Å². The number of ether oxygens (including phenoxy) is 1. The first-order chi connectivity index (χ1) is 45.0. The van der Waals surface area contributed by atoms with E-state index in [1.54, 1.807) is 37.7 Å². The number of rotatable bonds is 27. The van der Waals surface area contributed by atoms with Crippen molar-refractivity contribution in [3.63, 3.8) is 0 Å². The Morgan fingerprint density at radius 2 is 1.40 bits per heavy atom. The van der Waals surface area contributed by atoms with Gasteiger partial charge >= 0.3 is 426 Å². The third kappa shape index (κ3) is 15.4. The number of allylic oxidation sites excluding steroid dienone is 6. The number of phosphoric acid groups is 1. The topological polar surface area (TPSA) is 535 Å². The van der Waals surface area contributed by atoms with E-state index in [0.717, 1.165) is 11.1 Å². The van der Waals surface area contributed by atoms with Gasteiger partial charge in [-0.05, 0) is 37.1 Å². The van der Waals surface area contributed by atoms with Crippen molar-refractivity contribution >= 4 is 86.5 Å². The van der Waals surface area contributed by atoms with Crippen molar-refractivity contribution in [2.75, 3.05) is 13.2 Å². The molecule has 8 rings (SSSR count). The number of nitrogens with one attached hydrogen (secondary N) is 1. The molecule has 15 atom stereocenters. The number of fused-ring (bicyclic) bond motifs is 7. The maximum absolute atomic E-state index is 14.5. The molecule has 7 heterocycles. The van der Waals surface area contributed by atoms with Crippen LogP contribution in [0.4, 0.5) is 0 Å². The molecule has 6 aliphatic rings. The average Bonchev–Trinajstić information content (AvgIpc) is 1.52. The van der Waals surface area contributed by atoms with Gasteiger partial charge in [0.25, 0.3) is 7.82 Å². The van der Waals surface area contributed by atoms with Gasteiger partial charge in [0, 0.05) is 0 Å². The zero-order chi connectivity index (χ0) is 72.6. The van der Waals surface area contributed by atoms with E-state index in [2.05, 4.69) is 15.3 Å². The fourth-order valence-electron chi connectivity index (χ4n) is 15.7. The van der Waals surface area contributed by atoms with Crippen molar-refractivity contribution in [3.05, 3.63) is 63.9 Å². The molecule has 0 saturated carbocycles. The van der Waals surface area contributed by atoms with Gasteiger partial charge in [-0.2, -0.15) is 0 Å². The van der Waals surface area contributed by atoms with Gasteiger partial charge in [0.1, 0.15) is 18.3 Å². The molecule has 532 valence electrons. The summed E-state index contributed by atoms with van der Waals surface area (Å²) in [5, 5.41) is 37.9. The minimum absolute atomic E-state index is 0.0111. The molecule has 1 aromatic carbocycles. The van der Waals surface area contributed by atoms with Crippen LogP contribution in [0, 0.1) is 69.4 Å². The third-order valence-electron chi connectivity index (χ3n) is 20.8. The van der Waals surface area contributed by atoms with Crippen LogP contribution in [0.1, 0.15) is 150 Å². The van der Waals surface area contributed by atoms with Gasteiger partial charge in [-0.25, -0.2) is 4.98 Å². The Balaban J connectivity index is 0.00000322. The first kappa shape index (κ1) is 77.0. The van der Waals surface area contributed by atoms with Crippen LogP contribution in [0.5, 0.6) is 0 Å². The summed E-state index contributed by atoms with van der Waals surface area (Å²) in [5.41, 5.74) is 36.3. The molecule has 31 nitrogen and oxygen atoms in total. The van der Waals surface area contributed by atoms with E-state index < -0.39 is 153 Å². The van der Waals surface area contributed by atoms with Crippen LogP contribution < -0.4 is 44.6 Å². The molecule has 0 spiro atoms. The normalized spacial score (nSPS) is 32.4. The van der Waals surface area contributed by atoms with Gasteiger partial charge in [0.15, 0.2) is 6.23 Å².